The van der Waals surface area contributed by atoms with Gasteiger partial charge in [0.25, 0.3) is 0 Å². The number of thioether (sulfide) groups is 1. The quantitative estimate of drug-likeness (QED) is 0.409. The van der Waals surface area contributed by atoms with Gasteiger partial charge in [0.15, 0.2) is 11.0 Å². The maximum atomic E-state index is 10.5. The summed E-state index contributed by atoms with van der Waals surface area (Å²) in [6.07, 6.45) is -0.613. The minimum Gasteiger partial charge on any atom is -0.490 e. The molecule has 0 spiro atoms. The van der Waals surface area contributed by atoms with Crippen molar-refractivity contribution in [1.29, 1.82) is 0 Å². The van der Waals surface area contributed by atoms with Crippen LogP contribution in [0.1, 0.15) is 12.5 Å². The van der Waals surface area contributed by atoms with Crippen LogP contribution in [0.4, 0.5) is 0 Å². The van der Waals surface area contributed by atoms with E-state index in [1.165, 1.54) is 17.3 Å². The Morgan fingerprint density at radius 1 is 1.03 bits per heavy atom. The minimum absolute atomic E-state index is 0.228. The number of aliphatic hydroxyl groups is 1. The number of ether oxygens (including phenoxy) is 1. The summed E-state index contributed by atoms with van der Waals surface area (Å²) in [6.45, 7) is 5.14. The van der Waals surface area contributed by atoms with Crippen LogP contribution in [-0.4, -0.2) is 38.3 Å². The van der Waals surface area contributed by atoms with Crippen LogP contribution < -0.4 is 4.74 Å². The van der Waals surface area contributed by atoms with E-state index in [9.17, 15) is 5.11 Å². The summed E-state index contributed by atoms with van der Waals surface area (Å²) >= 11 is 1.50. The summed E-state index contributed by atoms with van der Waals surface area (Å²) in [5.74, 6) is 2.12. The minimum atomic E-state index is -0.613. The Morgan fingerprint density at radius 2 is 1.83 bits per heavy atom. The number of aromatic nitrogens is 3. The summed E-state index contributed by atoms with van der Waals surface area (Å²) in [5, 5.41) is 22.2. The highest BCUT2D eigenvalue weighted by Crippen LogP contribution is 2.27. The molecule has 1 N–H and O–H groups in total. The molecule has 0 bridgehead atoms. The number of hydrogen-bond acceptors (Lipinski definition) is 5. The first-order valence-corrected chi connectivity index (χ1v) is 11.1. The first-order valence-electron chi connectivity index (χ1n) is 10.1. The average Bonchev–Trinajstić information content (AvgIpc) is 3.19. The van der Waals surface area contributed by atoms with Gasteiger partial charge in [0.05, 0.1) is 6.10 Å². The molecule has 0 aliphatic carbocycles. The van der Waals surface area contributed by atoms with Gasteiger partial charge in [0.1, 0.15) is 12.4 Å². The van der Waals surface area contributed by atoms with Crippen molar-refractivity contribution in [1.82, 2.24) is 14.8 Å². The highest BCUT2D eigenvalue weighted by molar-refractivity contribution is 7.99. The number of hydrogen-bond donors (Lipinski definition) is 1. The number of rotatable bonds is 8. The fourth-order valence-electron chi connectivity index (χ4n) is 3.40. The number of aryl methyl sites for hydroxylation is 1. The molecule has 6 heteroatoms. The van der Waals surface area contributed by atoms with Gasteiger partial charge in [-0.3, -0.25) is 0 Å². The van der Waals surface area contributed by atoms with Gasteiger partial charge in [-0.1, -0.05) is 71.9 Å². The number of aliphatic hydroxyl groups excluding tert-OH is 1. The second-order valence-electron chi connectivity index (χ2n) is 7.17. The molecule has 0 aliphatic heterocycles. The maximum Gasteiger partial charge on any atom is 0.191 e. The van der Waals surface area contributed by atoms with Crippen LogP contribution in [0.15, 0.2) is 71.9 Å². The van der Waals surface area contributed by atoms with Crippen molar-refractivity contribution in [3.8, 4) is 17.1 Å². The fraction of sp³-hybridized carbons (Fsp3) is 0.250. The van der Waals surface area contributed by atoms with Gasteiger partial charge in [0, 0.05) is 23.2 Å². The van der Waals surface area contributed by atoms with E-state index in [0.717, 1.165) is 39.6 Å². The normalized spacial score (nSPS) is 12.2. The second kappa shape index (κ2) is 9.32. The van der Waals surface area contributed by atoms with Gasteiger partial charge in [-0.25, -0.2) is 0 Å². The van der Waals surface area contributed by atoms with E-state index in [4.69, 9.17) is 4.74 Å². The molecule has 1 aromatic heterocycles. The number of benzene rings is 3. The molecular weight excluding hydrogens is 394 g/mol. The average molecular weight is 420 g/mol. The lowest BCUT2D eigenvalue weighted by atomic mass is 10.1. The van der Waals surface area contributed by atoms with E-state index in [1.807, 2.05) is 42.5 Å². The van der Waals surface area contributed by atoms with Crippen molar-refractivity contribution in [2.75, 3.05) is 12.4 Å². The van der Waals surface area contributed by atoms with Crippen LogP contribution in [0.5, 0.6) is 5.75 Å². The zero-order chi connectivity index (χ0) is 20.9. The van der Waals surface area contributed by atoms with Crippen LogP contribution >= 0.6 is 11.8 Å². The first kappa shape index (κ1) is 20.4. The van der Waals surface area contributed by atoms with Crippen molar-refractivity contribution >= 4 is 22.5 Å². The number of fused-ring (bicyclic) bond motifs is 1. The van der Waals surface area contributed by atoms with Crippen LogP contribution in [0.3, 0.4) is 0 Å². The van der Waals surface area contributed by atoms with Crippen molar-refractivity contribution in [2.45, 2.75) is 31.7 Å². The van der Waals surface area contributed by atoms with E-state index >= 15 is 0 Å². The monoisotopic (exact) mass is 419 g/mol. The maximum absolute atomic E-state index is 10.5. The highest BCUT2D eigenvalue weighted by Gasteiger charge is 2.15. The molecule has 1 atom stereocenters. The fourth-order valence-corrected chi connectivity index (χ4v) is 4.31. The SMILES string of the molecule is CCn1c(SCC(O)COc2cccc3ccccc23)nnc1-c1cccc(C)c1. The summed E-state index contributed by atoms with van der Waals surface area (Å²) < 4.78 is 7.99. The van der Waals surface area contributed by atoms with Gasteiger partial charge >= 0.3 is 0 Å². The summed E-state index contributed by atoms with van der Waals surface area (Å²) in [5.41, 5.74) is 2.24. The van der Waals surface area contributed by atoms with Gasteiger partial charge in [-0.15, -0.1) is 10.2 Å². The lowest BCUT2D eigenvalue weighted by Gasteiger charge is -2.14. The Bertz CT molecular complexity index is 1140. The van der Waals surface area contributed by atoms with E-state index in [1.54, 1.807) is 0 Å². The highest BCUT2D eigenvalue weighted by atomic mass is 32.2. The Balaban J connectivity index is 1.40. The lowest BCUT2D eigenvalue weighted by molar-refractivity contribution is 0.127. The predicted molar refractivity (Wildman–Crippen MR) is 122 cm³/mol. The third-order valence-electron chi connectivity index (χ3n) is 4.90. The van der Waals surface area contributed by atoms with Crippen molar-refractivity contribution in [3.63, 3.8) is 0 Å². The molecule has 0 saturated carbocycles. The van der Waals surface area contributed by atoms with Crippen LogP contribution in [0.2, 0.25) is 0 Å². The molecule has 4 rings (SSSR count). The van der Waals surface area contributed by atoms with Crippen molar-refractivity contribution < 1.29 is 9.84 Å². The molecule has 30 heavy (non-hydrogen) atoms. The molecular formula is C24H25N3O2S. The Kier molecular flexibility index (Phi) is 6.35. The molecule has 5 nitrogen and oxygen atoms in total. The third-order valence-corrected chi connectivity index (χ3v) is 6.01. The van der Waals surface area contributed by atoms with E-state index < -0.39 is 6.10 Å². The van der Waals surface area contributed by atoms with Crippen LogP contribution in [-0.2, 0) is 6.54 Å². The molecule has 1 unspecified atom stereocenters. The largest absolute Gasteiger partial charge is 0.490 e. The van der Waals surface area contributed by atoms with Crippen molar-refractivity contribution in [2.24, 2.45) is 0 Å². The zero-order valence-corrected chi connectivity index (χ0v) is 18.0. The zero-order valence-electron chi connectivity index (χ0n) is 17.2. The second-order valence-corrected chi connectivity index (χ2v) is 8.16. The van der Waals surface area contributed by atoms with Gasteiger partial charge in [-0.05, 0) is 31.4 Å². The standard InChI is InChI=1S/C24H25N3O2S/c1-3-27-23(19-11-6-8-17(2)14-19)25-26-24(27)30-16-20(28)15-29-22-13-7-10-18-9-4-5-12-21(18)22/h4-14,20,28H,3,15-16H2,1-2H3. The Morgan fingerprint density at radius 3 is 2.67 bits per heavy atom. The molecule has 3 aromatic carbocycles. The number of nitrogens with zero attached hydrogens (tertiary/aromatic N) is 3. The molecule has 0 amide bonds. The topological polar surface area (TPSA) is 60.2 Å². The molecule has 4 aromatic rings. The molecule has 0 aliphatic rings. The van der Waals surface area contributed by atoms with Crippen molar-refractivity contribution in [3.05, 3.63) is 72.3 Å². The lowest BCUT2D eigenvalue weighted by Crippen LogP contribution is -2.20. The van der Waals surface area contributed by atoms with Gasteiger partial charge in [0.2, 0.25) is 0 Å². The smallest absolute Gasteiger partial charge is 0.191 e. The molecule has 0 radical (unpaired) electrons. The predicted octanol–water partition coefficient (Wildman–Crippen LogP) is 4.96. The Hall–Kier alpha value is -2.83. The van der Waals surface area contributed by atoms with E-state index in [-0.39, 0.29) is 6.61 Å². The summed E-state index contributed by atoms with van der Waals surface area (Å²) in [6, 6.07) is 22.3. The molecule has 1 heterocycles. The molecule has 154 valence electrons. The summed E-state index contributed by atoms with van der Waals surface area (Å²) in [7, 11) is 0. The third kappa shape index (κ3) is 4.50. The van der Waals surface area contributed by atoms with Gasteiger partial charge < -0.3 is 14.4 Å². The van der Waals surface area contributed by atoms with E-state index in [0.29, 0.717) is 5.75 Å². The van der Waals surface area contributed by atoms with E-state index in [2.05, 4.69) is 52.9 Å². The molecule has 0 fully saturated rings. The first-order chi connectivity index (χ1) is 14.7. The Labute approximate surface area is 180 Å². The summed E-state index contributed by atoms with van der Waals surface area (Å²) in [4.78, 5) is 0. The van der Waals surface area contributed by atoms with Crippen LogP contribution in [0.25, 0.3) is 22.2 Å². The molecule has 0 saturated heterocycles. The van der Waals surface area contributed by atoms with Crippen LogP contribution in [0, 0.1) is 6.92 Å². The van der Waals surface area contributed by atoms with Gasteiger partial charge in [-0.2, -0.15) is 0 Å².